The lowest BCUT2D eigenvalue weighted by molar-refractivity contribution is -0.136. The highest BCUT2D eigenvalue weighted by Gasteiger charge is 2.36. The molecule has 25 heavy (non-hydrogen) atoms. The molecule has 1 aromatic carbocycles. The molecule has 7 nitrogen and oxygen atoms in total. The lowest BCUT2D eigenvalue weighted by Crippen LogP contribution is -2.56. The highest BCUT2D eigenvalue weighted by molar-refractivity contribution is 5.98. The largest absolute Gasteiger partial charge is 0.491 e. The second kappa shape index (κ2) is 7.06. The molecule has 1 aliphatic rings. The molecular formula is C18H22N4O3. The van der Waals surface area contributed by atoms with Crippen molar-refractivity contribution in [2.45, 2.75) is 25.6 Å². The molecule has 1 aliphatic heterocycles. The second-order valence-corrected chi connectivity index (χ2v) is 6.63. The Labute approximate surface area is 146 Å². The van der Waals surface area contributed by atoms with E-state index in [1.807, 2.05) is 44.2 Å². The first-order chi connectivity index (χ1) is 11.9. The predicted octanol–water partition coefficient (Wildman–Crippen LogP) is 1.76. The van der Waals surface area contributed by atoms with E-state index in [1.165, 1.54) is 12.5 Å². The number of ether oxygens (including phenoxy) is 2. The number of morpholine rings is 1. The van der Waals surface area contributed by atoms with Crippen molar-refractivity contribution in [2.24, 2.45) is 0 Å². The number of carbonyl (C=O) groups excluding carboxylic acids is 1. The van der Waals surface area contributed by atoms with Gasteiger partial charge in [0.1, 0.15) is 30.6 Å². The predicted molar refractivity (Wildman–Crippen MR) is 93.2 cm³/mol. The summed E-state index contributed by atoms with van der Waals surface area (Å²) in [5.74, 6) is 0.758. The van der Waals surface area contributed by atoms with Crippen molar-refractivity contribution in [3.8, 4) is 5.75 Å². The maximum atomic E-state index is 12.8. The fourth-order valence-corrected chi connectivity index (χ4v) is 2.92. The zero-order chi connectivity index (χ0) is 17.9. The molecule has 0 bridgehead atoms. The van der Waals surface area contributed by atoms with E-state index in [2.05, 4.69) is 9.97 Å². The Balaban J connectivity index is 1.70. The molecule has 1 atom stereocenters. The van der Waals surface area contributed by atoms with Crippen molar-refractivity contribution < 1.29 is 14.3 Å². The molecule has 0 radical (unpaired) electrons. The Bertz CT molecular complexity index is 736. The summed E-state index contributed by atoms with van der Waals surface area (Å²) < 4.78 is 11.8. The van der Waals surface area contributed by atoms with Gasteiger partial charge in [-0.2, -0.15) is 0 Å². The van der Waals surface area contributed by atoms with E-state index in [-0.39, 0.29) is 17.8 Å². The van der Waals surface area contributed by atoms with Crippen LogP contribution in [0.25, 0.3) is 0 Å². The van der Waals surface area contributed by atoms with Crippen molar-refractivity contribution in [3.63, 3.8) is 0 Å². The molecule has 2 N–H and O–H groups in total. The number of amides is 1. The van der Waals surface area contributed by atoms with Crippen LogP contribution in [0.15, 0.2) is 42.9 Å². The van der Waals surface area contributed by atoms with Crippen molar-refractivity contribution in [1.29, 1.82) is 0 Å². The zero-order valence-electron chi connectivity index (χ0n) is 14.4. The number of benzene rings is 1. The number of hydrogen-bond acceptors (Lipinski definition) is 6. The summed E-state index contributed by atoms with van der Waals surface area (Å²) in [7, 11) is 0. The molecular weight excluding hydrogens is 320 g/mol. The van der Waals surface area contributed by atoms with Gasteiger partial charge < -0.3 is 20.1 Å². The van der Waals surface area contributed by atoms with Crippen LogP contribution in [0.3, 0.4) is 0 Å². The third-order valence-corrected chi connectivity index (χ3v) is 3.92. The van der Waals surface area contributed by atoms with Crippen LogP contribution in [0.4, 0.5) is 5.82 Å². The summed E-state index contributed by atoms with van der Waals surface area (Å²) in [6.07, 6.45) is 2.54. The Morgan fingerprint density at radius 1 is 1.40 bits per heavy atom. The van der Waals surface area contributed by atoms with Crippen LogP contribution in [0, 0.1) is 0 Å². The van der Waals surface area contributed by atoms with Gasteiger partial charge in [0, 0.05) is 12.7 Å². The average Bonchev–Trinajstić information content (AvgIpc) is 2.59. The van der Waals surface area contributed by atoms with Crippen LogP contribution in [-0.4, -0.2) is 52.2 Å². The standard InChI is InChI=1S/C18H22N4O3/c1-18(2)11-22(17(23)15-8-20-12-21-16(15)19)9-14(25-18)10-24-13-6-4-3-5-7-13/h3-8,12,14H,9-11H2,1-2H3,(H2,19,20,21)/t14-/m1/s1. The number of nitrogens with zero attached hydrogens (tertiary/aromatic N) is 3. The maximum absolute atomic E-state index is 12.8. The average molecular weight is 342 g/mol. The zero-order valence-corrected chi connectivity index (χ0v) is 14.4. The van der Waals surface area contributed by atoms with E-state index in [0.29, 0.717) is 25.3 Å². The molecule has 0 aliphatic carbocycles. The summed E-state index contributed by atoms with van der Waals surface area (Å²) in [6.45, 7) is 5.14. The van der Waals surface area contributed by atoms with Gasteiger partial charge in [0.2, 0.25) is 0 Å². The van der Waals surface area contributed by atoms with E-state index in [4.69, 9.17) is 15.2 Å². The van der Waals surface area contributed by atoms with Gasteiger partial charge in [0.15, 0.2) is 0 Å². The number of hydrogen-bond donors (Lipinski definition) is 1. The summed E-state index contributed by atoms with van der Waals surface area (Å²) >= 11 is 0. The van der Waals surface area contributed by atoms with Crippen LogP contribution >= 0.6 is 0 Å². The normalized spacial score (nSPS) is 19.4. The molecule has 1 aromatic heterocycles. The highest BCUT2D eigenvalue weighted by atomic mass is 16.5. The number of nitrogen functional groups attached to an aromatic ring is 1. The van der Waals surface area contributed by atoms with E-state index < -0.39 is 5.60 Å². The van der Waals surface area contributed by atoms with E-state index >= 15 is 0 Å². The highest BCUT2D eigenvalue weighted by Crippen LogP contribution is 2.24. The van der Waals surface area contributed by atoms with Crippen LogP contribution in [0.1, 0.15) is 24.2 Å². The number of carbonyl (C=O) groups is 1. The van der Waals surface area contributed by atoms with Crippen LogP contribution in [0.2, 0.25) is 0 Å². The van der Waals surface area contributed by atoms with Gasteiger partial charge in [-0.15, -0.1) is 0 Å². The molecule has 0 unspecified atom stereocenters. The first-order valence-electron chi connectivity index (χ1n) is 8.15. The Kier molecular flexibility index (Phi) is 4.85. The fourth-order valence-electron chi connectivity index (χ4n) is 2.92. The first-order valence-corrected chi connectivity index (χ1v) is 8.15. The number of para-hydroxylation sites is 1. The number of rotatable bonds is 4. The van der Waals surface area contributed by atoms with Gasteiger partial charge in [-0.1, -0.05) is 18.2 Å². The summed E-state index contributed by atoms with van der Waals surface area (Å²) in [5, 5.41) is 0. The Hall–Kier alpha value is -2.67. The van der Waals surface area contributed by atoms with Gasteiger partial charge >= 0.3 is 0 Å². The van der Waals surface area contributed by atoms with Gasteiger partial charge in [-0.05, 0) is 26.0 Å². The number of nitrogens with two attached hydrogens (primary N) is 1. The van der Waals surface area contributed by atoms with Crippen molar-refractivity contribution in [2.75, 3.05) is 25.4 Å². The molecule has 1 saturated heterocycles. The van der Waals surface area contributed by atoms with Crippen LogP contribution in [0.5, 0.6) is 5.75 Å². The quantitative estimate of drug-likeness (QED) is 0.910. The number of anilines is 1. The number of aromatic nitrogens is 2. The minimum atomic E-state index is -0.483. The van der Waals surface area contributed by atoms with Gasteiger partial charge in [0.25, 0.3) is 5.91 Å². The van der Waals surface area contributed by atoms with Crippen LogP contribution in [-0.2, 0) is 4.74 Å². The van der Waals surface area contributed by atoms with E-state index in [9.17, 15) is 4.79 Å². The second-order valence-electron chi connectivity index (χ2n) is 6.63. The lowest BCUT2D eigenvalue weighted by atomic mass is 10.0. The van der Waals surface area contributed by atoms with Gasteiger partial charge in [0.05, 0.1) is 17.7 Å². The molecule has 2 aromatic rings. The van der Waals surface area contributed by atoms with E-state index in [0.717, 1.165) is 5.75 Å². The summed E-state index contributed by atoms with van der Waals surface area (Å²) in [4.78, 5) is 22.3. The molecule has 132 valence electrons. The molecule has 1 amide bonds. The monoisotopic (exact) mass is 342 g/mol. The lowest BCUT2D eigenvalue weighted by Gasteiger charge is -2.42. The molecule has 0 saturated carbocycles. The minimum Gasteiger partial charge on any atom is -0.491 e. The third-order valence-electron chi connectivity index (χ3n) is 3.92. The molecule has 0 spiro atoms. The van der Waals surface area contributed by atoms with Crippen LogP contribution < -0.4 is 10.5 Å². The molecule has 3 rings (SSSR count). The Morgan fingerprint density at radius 3 is 2.88 bits per heavy atom. The minimum absolute atomic E-state index is 0.182. The first kappa shape index (κ1) is 17.2. The molecule has 7 heteroatoms. The van der Waals surface area contributed by atoms with Gasteiger partial charge in [-0.25, -0.2) is 9.97 Å². The van der Waals surface area contributed by atoms with Crippen molar-refractivity contribution >= 4 is 11.7 Å². The topological polar surface area (TPSA) is 90.6 Å². The smallest absolute Gasteiger partial charge is 0.259 e. The Morgan fingerprint density at radius 2 is 2.16 bits per heavy atom. The maximum Gasteiger partial charge on any atom is 0.259 e. The fraction of sp³-hybridized carbons (Fsp3) is 0.389. The SMILES string of the molecule is CC1(C)CN(C(=O)c2cncnc2N)C[C@H](COc2ccccc2)O1. The van der Waals surface area contributed by atoms with E-state index in [1.54, 1.807) is 4.90 Å². The molecule has 1 fully saturated rings. The molecule has 2 heterocycles. The van der Waals surface area contributed by atoms with Crippen molar-refractivity contribution in [1.82, 2.24) is 14.9 Å². The summed E-state index contributed by atoms with van der Waals surface area (Å²) in [5.41, 5.74) is 5.64. The summed E-state index contributed by atoms with van der Waals surface area (Å²) in [6, 6.07) is 9.53. The van der Waals surface area contributed by atoms with Gasteiger partial charge in [-0.3, -0.25) is 4.79 Å². The third kappa shape index (κ3) is 4.24. The van der Waals surface area contributed by atoms with Crippen molar-refractivity contribution in [3.05, 3.63) is 48.4 Å².